The molecule has 1 heterocycles. The number of anilines is 1. The number of hydrogen-bond acceptors (Lipinski definition) is 3. The van der Waals surface area contributed by atoms with Crippen molar-refractivity contribution in [2.75, 3.05) is 5.32 Å². The van der Waals surface area contributed by atoms with E-state index in [-0.39, 0.29) is 29.6 Å². The molecule has 138 valence electrons. The molecule has 2 amide bonds. The van der Waals surface area contributed by atoms with E-state index in [2.05, 4.69) is 10.6 Å². The van der Waals surface area contributed by atoms with Crippen molar-refractivity contribution in [1.82, 2.24) is 9.88 Å². The smallest absolute Gasteiger partial charge is 0.274 e. The third-order valence-corrected chi connectivity index (χ3v) is 4.02. The normalized spacial score (nSPS) is 10.4. The van der Waals surface area contributed by atoms with Gasteiger partial charge >= 0.3 is 0 Å². The number of hydrogen-bond donors (Lipinski definition) is 2. The molecule has 1 aromatic carbocycles. The van der Waals surface area contributed by atoms with Crippen LogP contribution in [-0.4, -0.2) is 16.4 Å². The van der Waals surface area contributed by atoms with E-state index in [1.807, 2.05) is 38.1 Å². The second-order valence-electron chi connectivity index (χ2n) is 6.34. The van der Waals surface area contributed by atoms with Crippen molar-refractivity contribution >= 4 is 17.5 Å². The maximum Gasteiger partial charge on any atom is 0.274 e. The summed E-state index contributed by atoms with van der Waals surface area (Å²) in [6.07, 6.45) is 1.05. The fourth-order valence-corrected chi connectivity index (χ4v) is 2.62. The fourth-order valence-electron chi connectivity index (χ4n) is 2.62. The topological polar surface area (TPSA) is 80.2 Å². The van der Waals surface area contributed by atoms with E-state index >= 15 is 0 Å². The van der Waals surface area contributed by atoms with Gasteiger partial charge in [-0.1, -0.05) is 36.8 Å². The van der Waals surface area contributed by atoms with Crippen LogP contribution in [0.4, 0.5) is 5.69 Å². The number of carbonyl (C=O) groups excluding carboxylic acids is 2. The summed E-state index contributed by atoms with van der Waals surface area (Å²) in [6, 6.07) is 11.2. The second-order valence-corrected chi connectivity index (χ2v) is 6.34. The number of aryl methyl sites for hydroxylation is 2. The predicted octanol–water partition coefficient (Wildman–Crippen LogP) is 2.52. The zero-order valence-corrected chi connectivity index (χ0v) is 15.5. The molecular formula is C20H25N3O3. The van der Waals surface area contributed by atoms with Gasteiger partial charge in [-0.2, -0.15) is 0 Å². The molecule has 0 spiro atoms. The Morgan fingerprint density at radius 1 is 1.08 bits per heavy atom. The van der Waals surface area contributed by atoms with Gasteiger partial charge in [0, 0.05) is 18.7 Å². The highest BCUT2D eigenvalue weighted by atomic mass is 16.2. The van der Waals surface area contributed by atoms with Gasteiger partial charge in [0.1, 0.15) is 12.2 Å². The average Bonchev–Trinajstić information content (AvgIpc) is 2.60. The van der Waals surface area contributed by atoms with Gasteiger partial charge in [-0.25, -0.2) is 0 Å². The Balaban J connectivity index is 2.06. The monoisotopic (exact) mass is 355 g/mol. The summed E-state index contributed by atoms with van der Waals surface area (Å²) in [5.41, 5.74) is 2.61. The molecule has 0 saturated heterocycles. The molecule has 26 heavy (non-hydrogen) atoms. The Morgan fingerprint density at radius 3 is 2.54 bits per heavy atom. The Kier molecular flexibility index (Phi) is 6.72. The maximum absolute atomic E-state index is 12.6. The minimum Gasteiger partial charge on any atom is -0.350 e. The molecule has 0 radical (unpaired) electrons. The molecule has 0 bridgehead atoms. The zero-order chi connectivity index (χ0) is 19.1. The molecule has 2 N–H and O–H groups in total. The summed E-state index contributed by atoms with van der Waals surface area (Å²) in [7, 11) is 0. The SMILES string of the molecule is CCCC(=O)Nc1ccc(C)n(CC(=O)NCc2cccc(C)c2)c1=O. The zero-order valence-electron chi connectivity index (χ0n) is 15.5. The lowest BCUT2D eigenvalue weighted by molar-refractivity contribution is -0.122. The third-order valence-electron chi connectivity index (χ3n) is 4.02. The van der Waals surface area contributed by atoms with E-state index in [0.29, 0.717) is 25.1 Å². The van der Waals surface area contributed by atoms with E-state index in [4.69, 9.17) is 0 Å². The first-order valence-electron chi connectivity index (χ1n) is 8.73. The number of aromatic nitrogens is 1. The molecule has 0 atom stereocenters. The van der Waals surface area contributed by atoms with E-state index in [1.54, 1.807) is 19.1 Å². The molecule has 0 saturated carbocycles. The van der Waals surface area contributed by atoms with Crippen molar-refractivity contribution < 1.29 is 9.59 Å². The van der Waals surface area contributed by atoms with Crippen LogP contribution in [0.15, 0.2) is 41.2 Å². The highest BCUT2D eigenvalue weighted by Gasteiger charge is 2.12. The van der Waals surface area contributed by atoms with Gasteiger partial charge in [0.2, 0.25) is 11.8 Å². The molecular weight excluding hydrogens is 330 g/mol. The van der Waals surface area contributed by atoms with E-state index in [0.717, 1.165) is 11.1 Å². The summed E-state index contributed by atoms with van der Waals surface area (Å²) >= 11 is 0. The van der Waals surface area contributed by atoms with Crippen LogP contribution in [0.1, 0.15) is 36.6 Å². The average molecular weight is 355 g/mol. The summed E-state index contributed by atoms with van der Waals surface area (Å²) in [6.45, 7) is 5.96. The van der Waals surface area contributed by atoms with Crippen LogP contribution >= 0.6 is 0 Å². The molecule has 2 rings (SSSR count). The molecule has 0 aliphatic carbocycles. The van der Waals surface area contributed by atoms with Gasteiger partial charge in [-0.3, -0.25) is 14.4 Å². The molecule has 2 aromatic rings. The maximum atomic E-state index is 12.6. The minimum absolute atomic E-state index is 0.0893. The quantitative estimate of drug-likeness (QED) is 0.801. The van der Waals surface area contributed by atoms with Crippen molar-refractivity contribution in [2.24, 2.45) is 0 Å². The van der Waals surface area contributed by atoms with Crippen molar-refractivity contribution in [1.29, 1.82) is 0 Å². The number of rotatable bonds is 7. The Bertz CT molecular complexity index is 856. The van der Waals surface area contributed by atoms with Crippen LogP contribution in [0.3, 0.4) is 0 Å². The standard InChI is InChI=1S/C20H25N3O3/c1-4-6-18(24)22-17-10-9-15(3)23(20(17)26)13-19(25)21-12-16-8-5-7-14(2)11-16/h5,7-11H,4,6,12-13H2,1-3H3,(H,21,25)(H,22,24). The molecule has 6 heteroatoms. The predicted molar refractivity (Wildman–Crippen MR) is 102 cm³/mol. The summed E-state index contributed by atoms with van der Waals surface area (Å²) < 4.78 is 1.37. The van der Waals surface area contributed by atoms with Crippen LogP contribution in [0.5, 0.6) is 0 Å². The van der Waals surface area contributed by atoms with Crippen LogP contribution in [0, 0.1) is 13.8 Å². The van der Waals surface area contributed by atoms with E-state index < -0.39 is 0 Å². The minimum atomic E-state index is -0.375. The van der Waals surface area contributed by atoms with E-state index in [9.17, 15) is 14.4 Å². The molecule has 6 nitrogen and oxygen atoms in total. The van der Waals surface area contributed by atoms with Crippen molar-refractivity contribution in [3.05, 3.63) is 63.6 Å². The molecule has 0 aliphatic rings. The number of benzene rings is 1. The lowest BCUT2D eigenvalue weighted by atomic mass is 10.1. The lowest BCUT2D eigenvalue weighted by Crippen LogP contribution is -2.34. The lowest BCUT2D eigenvalue weighted by Gasteiger charge is -2.13. The Hall–Kier alpha value is -2.89. The molecule has 1 aromatic heterocycles. The van der Waals surface area contributed by atoms with Crippen LogP contribution in [0.2, 0.25) is 0 Å². The largest absolute Gasteiger partial charge is 0.350 e. The van der Waals surface area contributed by atoms with Gasteiger partial charge in [0.25, 0.3) is 5.56 Å². The summed E-state index contributed by atoms with van der Waals surface area (Å²) in [5.74, 6) is -0.461. The van der Waals surface area contributed by atoms with Gasteiger partial charge in [-0.15, -0.1) is 0 Å². The fraction of sp³-hybridized carbons (Fsp3) is 0.350. The molecule has 0 unspecified atom stereocenters. The molecule has 0 aliphatic heterocycles. The van der Waals surface area contributed by atoms with Crippen LogP contribution < -0.4 is 16.2 Å². The highest BCUT2D eigenvalue weighted by Crippen LogP contribution is 2.06. The van der Waals surface area contributed by atoms with Gasteiger partial charge in [0.15, 0.2) is 0 Å². The first kappa shape index (κ1) is 19.4. The van der Waals surface area contributed by atoms with E-state index in [1.165, 1.54) is 4.57 Å². The van der Waals surface area contributed by atoms with Crippen molar-refractivity contribution in [3.8, 4) is 0 Å². The van der Waals surface area contributed by atoms with Crippen LogP contribution in [-0.2, 0) is 22.7 Å². The Morgan fingerprint density at radius 2 is 1.85 bits per heavy atom. The van der Waals surface area contributed by atoms with Gasteiger partial charge in [-0.05, 0) is 38.0 Å². The number of pyridine rings is 1. The number of nitrogens with zero attached hydrogens (tertiary/aromatic N) is 1. The summed E-state index contributed by atoms with van der Waals surface area (Å²) in [5, 5.41) is 5.44. The number of carbonyl (C=O) groups is 2. The highest BCUT2D eigenvalue weighted by molar-refractivity contribution is 5.90. The summed E-state index contributed by atoms with van der Waals surface area (Å²) in [4.78, 5) is 36.5. The van der Waals surface area contributed by atoms with Gasteiger partial charge in [0.05, 0.1) is 0 Å². The number of amides is 2. The first-order valence-corrected chi connectivity index (χ1v) is 8.73. The van der Waals surface area contributed by atoms with Crippen molar-refractivity contribution in [2.45, 2.75) is 46.7 Å². The second kappa shape index (κ2) is 8.99. The van der Waals surface area contributed by atoms with Crippen molar-refractivity contribution in [3.63, 3.8) is 0 Å². The first-order chi connectivity index (χ1) is 12.4. The number of nitrogens with one attached hydrogen (secondary N) is 2. The molecule has 0 fully saturated rings. The Labute approximate surface area is 153 Å². The van der Waals surface area contributed by atoms with Crippen LogP contribution in [0.25, 0.3) is 0 Å². The van der Waals surface area contributed by atoms with Gasteiger partial charge < -0.3 is 15.2 Å². The third kappa shape index (κ3) is 5.31.